The minimum atomic E-state index is -3.86. The third-order valence-corrected chi connectivity index (χ3v) is 7.68. The van der Waals surface area contributed by atoms with Gasteiger partial charge in [-0.2, -0.15) is 4.31 Å². The first kappa shape index (κ1) is 22.4. The van der Waals surface area contributed by atoms with Crippen LogP contribution in [0.1, 0.15) is 43.7 Å². The number of carbonyl (C=O) groups is 1. The van der Waals surface area contributed by atoms with Crippen LogP contribution in [0.2, 0.25) is 0 Å². The topological polar surface area (TPSA) is 97.2 Å². The lowest BCUT2D eigenvalue weighted by atomic mass is 10.0. The van der Waals surface area contributed by atoms with Gasteiger partial charge in [0.15, 0.2) is 0 Å². The smallest absolute Gasteiger partial charge is 0.243 e. The van der Waals surface area contributed by atoms with E-state index in [2.05, 4.69) is 15.6 Å². The van der Waals surface area contributed by atoms with Crippen molar-refractivity contribution in [2.75, 3.05) is 11.9 Å². The molecule has 170 valence electrons. The van der Waals surface area contributed by atoms with Crippen LogP contribution < -0.4 is 5.32 Å². The van der Waals surface area contributed by atoms with Crippen LogP contribution in [-0.4, -0.2) is 46.2 Å². The Balaban J connectivity index is 1.62. The molecule has 1 amide bonds. The van der Waals surface area contributed by atoms with Crippen LogP contribution in [0.15, 0.2) is 41.3 Å². The van der Waals surface area contributed by atoms with Crippen LogP contribution in [0.5, 0.6) is 0 Å². The van der Waals surface area contributed by atoms with Crippen molar-refractivity contribution in [1.82, 2.24) is 19.3 Å². The van der Waals surface area contributed by atoms with Gasteiger partial charge in [-0.1, -0.05) is 24.6 Å². The number of hydrogen-bond donors (Lipinski definition) is 1. The molecule has 1 aromatic heterocycles. The van der Waals surface area contributed by atoms with Crippen molar-refractivity contribution in [3.05, 3.63) is 47.5 Å². The standard InChI is InChI=1S/C23H29N5O3S/c1-4-10-27-21-9-8-19(15-20(21)25-26-27)32(30,31)28-11-6-5-7-22(28)23(29)24-18-13-16(2)12-17(3)14-18/h8-9,12-15,22H,4-7,10-11H2,1-3H3,(H,24,29)/t22-/m0/s1. The van der Waals surface area contributed by atoms with Gasteiger partial charge >= 0.3 is 0 Å². The molecule has 0 radical (unpaired) electrons. The Hall–Kier alpha value is -2.78. The summed E-state index contributed by atoms with van der Waals surface area (Å²) in [6.07, 6.45) is 2.93. The number of sulfonamides is 1. The lowest BCUT2D eigenvalue weighted by molar-refractivity contribution is -0.120. The lowest BCUT2D eigenvalue weighted by Crippen LogP contribution is -2.49. The van der Waals surface area contributed by atoms with E-state index in [0.717, 1.165) is 42.5 Å². The van der Waals surface area contributed by atoms with Crippen LogP contribution >= 0.6 is 0 Å². The highest BCUT2D eigenvalue weighted by Crippen LogP contribution is 2.28. The number of rotatable bonds is 6. The zero-order chi connectivity index (χ0) is 22.9. The first-order valence-corrected chi connectivity index (χ1v) is 12.5. The minimum absolute atomic E-state index is 0.139. The number of benzene rings is 2. The molecule has 0 bridgehead atoms. The fourth-order valence-corrected chi connectivity index (χ4v) is 6.03. The van der Waals surface area contributed by atoms with Crippen molar-refractivity contribution in [1.29, 1.82) is 0 Å². The molecule has 0 spiro atoms. The van der Waals surface area contributed by atoms with Crippen molar-refractivity contribution >= 4 is 32.7 Å². The summed E-state index contributed by atoms with van der Waals surface area (Å²) in [7, 11) is -3.86. The molecule has 8 nitrogen and oxygen atoms in total. The Morgan fingerprint density at radius 3 is 2.59 bits per heavy atom. The van der Waals surface area contributed by atoms with Crippen LogP contribution in [0.25, 0.3) is 11.0 Å². The van der Waals surface area contributed by atoms with Crippen molar-refractivity contribution in [2.45, 2.75) is 63.9 Å². The van der Waals surface area contributed by atoms with Gasteiger partial charge in [0.1, 0.15) is 11.6 Å². The summed E-state index contributed by atoms with van der Waals surface area (Å²) in [6, 6.07) is 9.94. The van der Waals surface area contributed by atoms with E-state index >= 15 is 0 Å². The number of aromatic nitrogens is 3. The maximum absolute atomic E-state index is 13.5. The van der Waals surface area contributed by atoms with Gasteiger partial charge in [0.25, 0.3) is 0 Å². The van der Waals surface area contributed by atoms with Gasteiger partial charge in [0.05, 0.1) is 10.4 Å². The molecule has 1 atom stereocenters. The van der Waals surface area contributed by atoms with Crippen molar-refractivity contribution in [2.24, 2.45) is 0 Å². The molecule has 2 aromatic carbocycles. The van der Waals surface area contributed by atoms with E-state index in [-0.39, 0.29) is 10.8 Å². The van der Waals surface area contributed by atoms with E-state index in [1.807, 2.05) is 39.0 Å². The molecule has 1 fully saturated rings. The van der Waals surface area contributed by atoms with E-state index in [9.17, 15) is 13.2 Å². The predicted molar refractivity (Wildman–Crippen MR) is 124 cm³/mol. The Morgan fingerprint density at radius 1 is 1.12 bits per heavy atom. The fourth-order valence-electron chi connectivity index (χ4n) is 4.35. The quantitative estimate of drug-likeness (QED) is 0.612. The van der Waals surface area contributed by atoms with Gasteiger partial charge in [0.2, 0.25) is 15.9 Å². The average Bonchev–Trinajstić information content (AvgIpc) is 3.15. The van der Waals surface area contributed by atoms with Gasteiger partial charge in [-0.25, -0.2) is 13.1 Å². The Bertz CT molecular complexity index is 1230. The highest BCUT2D eigenvalue weighted by molar-refractivity contribution is 7.89. The molecule has 0 unspecified atom stereocenters. The number of carbonyl (C=O) groups excluding carboxylic acids is 1. The molecule has 0 saturated carbocycles. The lowest BCUT2D eigenvalue weighted by Gasteiger charge is -2.33. The van der Waals surface area contributed by atoms with Gasteiger partial charge in [-0.3, -0.25) is 4.79 Å². The van der Waals surface area contributed by atoms with Gasteiger partial charge < -0.3 is 5.32 Å². The summed E-state index contributed by atoms with van der Waals surface area (Å²) in [4.78, 5) is 13.3. The Morgan fingerprint density at radius 2 is 1.88 bits per heavy atom. The van der Waals surface area contributed by atoms with Crippen LogP contribution in [-0.2, 0) is 21.4 Å². The SMILES string of the molecule is CCCn1nnc2cc(S(=O)(=O)N3CCCC[C@H]3C(=O)Nc3cc(C)cc(C)c3)ccc21. The second-order valence-electron chi connectivity index (χ2n) is 8.46. The zero-order valence-electron chi connectivity index (χ0n) is 18.7. The number of aryl methyl sites for hydroxylation is 3. The number of nitrogens with zero attached hydrogens (tertiary/aromatic N) is 4. The third kappa shape index (κ3) is 4.40. The number of fused-ring (bicyclic) bond motifs is 1. The van der Waals surface area contributed by atoms with Gasteiger partial charge in [0, 0.05) is 18.8 Å². The minimum Gasteiger partial charge on any atom is -0.325 e. The summed E-state index contributed by atoms with van der Waals surface area (Å²) in [5.74, 6) is -0.298. The van der Waals surface area contributed by atoms with E-state index in [1.54, 1.807) is 22.9 Å². The molecule has 1 saturated heterocycles. The summed E-state index contributed by atoms with van der Waals surface area (Å²) in [5, 5.41) is 11.2. The number of hydrogen-bond acceptors (Lipinski definition) is 5. The highest BCUT2D eigenvalue weighted by Gasteiger charge is 2.38. The van der Waals surface area contributed by atoms with Crippen LogP contribution in [0.4, 0.5) is 5.69 Å². The van der Waals surface area contributed by atoms with Crippen molar-refractivity contribution in [3.8, 4) is 0 Å². The molecule has 1 aliphatic rings. The molecule has 0 aliphatic carbocycles. The maximum atomic E-state index is 13.5. The number of piperidine rings is 1. The van der Waals surface area contributed by atoms with Crippen LogP contribution in [0, 0.1) is 13.8 Å². The van der Waals surface area contributed by atoms with E-state index in [0.29, 0.717) is 24.2 Å². The molecule has 4 rings (SSSR count). The summed E-state index contributed by atoms with van der Waals surface area (Å²) in [6.45, 7) is 7.01. The van der Waals surface area contributed by atoms with Crippen molar-refractivity contribution < 1.29 is 13.2 Å². The Kier molecular flexibility index (Phi) is 6.30. The second kappa shape index (κ2) is 8.99. The largest absolute Gasteiger partial charge is 0.325 e. The monoisotopic (exact) mass is 455 g/mol. The fraction of sp³-hybridized carbons (Fsp3) is 0.435. The first-order chi connectivity index (χ1) is 15.3. The molecule has 2 heterocycles. The second-order valence-corrected chi connectivity index (χ2v) is 10.3. The molecule has 32 heavy (non-hydrogen) atoms. The van der Waals surface area contributed by atoms with Gasteiger partial charge in [-0.05, 0) is 74.6 Å². The summed E-state index contributed by atoms with van der Waals surface area (Å²) >= 11 is 0. The van der Waals surface area contributed by atoms with Crippen LogP contribution in [0.3, 0.4) is 0 Å². The predicted octanol–water partition coefficient (Wildman–Crippen LogP) is 3.64. The normalized spacial score (nSPS) is 17.5. The molecular formula is C23H29N5O3S. The van der Waals surface area contributed by atoms with E-state index in [1.165, 1.54) is 4.31 Å². The molecule has 1 N–H and O–H groups in total. The highest BCUT2D eigenvalue weighted by atomic mass is 32.2. The summed E-state index contributed by atoms with van der Waals surface area (Å²) in [5.41, 5.74) is 4.10. The van der Waals surface area contributed by atoms with E-state index < -0.39 is 16.1 Å². The molecular weight excluding hydrogens is 426 g/mol. The molecule has 3 aromatic rings. The number of nitrogens with one attached hydrogen (secondary N) is 1. The summed E-state index contributed by atoms with van der Waals surface area (Å²) < 4.78 is 30.2. The third-order valence-electron chi connectivity index (χ3n) is 5.77. The molecule has 9 heteroatoms. The van der Waals surface area contributed by atoms with Crippen molar-refractivity contribution in [3.63, 3.8) is 0 Å². The maximum Gasteiger partial charge on any atom is 0.243 e. The molecule has 1 aliphatic heterocycles. The first-order valence-electron chi connectivity index (χ1n) is 11.0. The van der Waals surface area contributed by atoms with E-state index in [4.69, 9.17) is 0 Å². The zero-order valence-corrected chi connectivity index (χ0v) is 19.5. The number of amides is 1. The Labute approximate surface area is 188 Å². The number of anilines is 1. The average molecular weight is 456 g/mol. The van der Waals surface area contributed by atoms with Gasteiger partial charge in [-0.15, -0.1) is 5.10 Å².